The van der Waals surface area contributed by atoms with E-state index in [1.807, 2.05) is 18.2 Å². The summed E-state index contributed by atoms with van der Waals surface area (Å²) in [6, 6.07) is 10.2. The molecule has 0 fully saturated rings. The Morgan fingerprint density at radius 1 is 1.18 bits per heavy atom. The average molecular weight is 396 g/mol. The van der Waals surface area contributed by atoms with E-state index in [1.54, 1.807) is 13.2 Å². The molecule has 4 aromatic rings. The largest absolute Gasteiger partial charge is 0.419 e. The Kier molecular flexibility index (Phi) is 3.65. The molecule has 0 bridgehead atoms. The predicted molar refractivity (Wildman–Crippen MR) is 102 cm³/mol. The lowest BCUT2D eigenvalue weighted by atomic mass is 10.1. The van der Waals surface area contributed by atoms with Crippen LogP contribution in [0, 0.1) is 0 Å². The normalized spacial score (nSPS) is 15.2. The van der Waals surface area contributed by atoms with Crippen LogP contribution in [0.3, 0.4) is 0 Å². The maximum atomic E-state index is 13.2. The minimum absolute atomic E-state index is 0.135. The molecule has 1 aliphatic rings. The van der Waals surface area contributed by atoms with Crippen molar-refractivity contribution < 1.29 is 12.8 Å². The van der Waals surface area contributed by atoms with Crippen molar-refractivity contribution >= 4 is 32.2 Å². The molecule has 5 rings (SSSR count). The molecule has 0 unspecified atom stereocenters. The topological polar surface area (TPSA) is 98.3 Å². The van der Waals surface area contributed by atoms with E-state index >= 15 is 0 Å². The van der Waals surface area contributed by atoms with Crippen LogP contribution in [0.15, 0.2) is 56.7 Å². The van der Waals surface area contributed by atoms with Gasteiger partial charge in [0, 0.05) is 43.8 Å². The second kappa shape index (κ2) is 5.98. The van der Waals surface area contributed by atoms with Crippen LogP contribution in [0.5, 0.6) is 0 Å². The van der Waals surface area contributed by atoms with Gasteiger partial charge in [-0.25, -0.2) is 23.2 Å². The Hall–Kier alpha value is -3.04. The molecule has 0 amide bonds. The fourth-order valence-electron chi connectivity index (χ4n) is 3.56. The van der Waals surface area contributed by atoms with E-state index in [9.17, 15) is 13.2 Å². The van der Waals surface area contributed by atoms with Crippen molar-refractivity contribution in [2.45, 2.75) is 17.9 Å². The number of oxazole rings is 1. The van der Waals surface area contributed by atoms with E-state index in [0.29, 0.717) is 29.7 Å². The second-order valence-corrected chi connectivity index (χ2v) is 8.73. The van der Waals surface area contributed by atoms with E-state index in [2.05, 4.69) is 9.97 Å². The van der Waals surface area contributed by atoms with E-state index in [1.165, 1.54) is 27.1 Å². The molecule has 28 heavy (non-hydrogen) atoms. The summed E-state index contributed by atoms with van der Waals surface area (Å²) in [7, 11) is -2.18. The number of hydrogen-bond donors (Lipinski definition) is 0. The minimum atomic E-state index is -3.72. The summed E-state index contributed by atoms with van der Waals surface area (Å²) in [6.45, 7) is 0.584. The number of hydrogen-bond acceptors (Lipinski definition) is 6. The maximum absolute atomic E-state index is 13.2. The summed E-state index contributed by atoms with van der Waals surface area (Å²) in [5, 5.41) is 0.885. The SMILES string of the molecule is Cn1c(=O)oc2ccc(S(=O)(=O)N3CCc4nc5ncccc5cc4C3)cc21. The van der Waals surface area contributed by atoms with Crippen LogP contribution in [-0.4, -0.2) is 33.8 Å². The van der Waals surface area contributed by atoms with Crippen LogP contribution in [-0.2, 0) is 30.0 Å². The summed E-state index contributed by atoms with van der Waals surface area (Å²) in [5.41, 5.74) is 3.24. The highest BCUT2D eigenvalue weighted by atomic mass is 32.2. The third kappa shape index (κ3) is 2.54. The van der Waals surface area contributed by atoms with Crippen molar-refractivity contribution in [2.24, 2.45) is 7.05 Å². The Labute approximate surface area is 160 Å². The number of aryl methyl sites for hydroxylation is 1. The first-order chi connectivity index (χ1) is 13.4. The monoisotopic (exact) mass is 396 g/mol. The van der Waals surface area contributed by atoms with E-state index in [-0.39, 0.29) is 11.4 Å². The third-order valence-electron chi connectivity index (χ3n) is 5.10. The van der Waals surface area contributed by atoms with Crippen LogP contribution in [0.4, 0.5) is 0 Å². The first-order valence-corrected chi connectivity index (χ1v) is 10.2. The first kappa shape index (κ1) is 17.1. The van der Waals surface area contributed by atoms with E-state index in [0.717, 1.165) is 16.6 Å². The van der Waals surface area contributed by atoms with Gasteiger partial charge in [0.1, 0.15) is 0 Å². The van der Waals surface area contributed by atoms with Gasteiger partial charge in [-0.1, -0.05) is 0 Å². The molecule has 9 heteroatoms. The Morgan fingerprint density at radius 3 is 2.89 bits per heavy atom. The lowest BCUT2D eigenvalue weighted by molar-refractivity contribution is 0.388. The highest BCUT2D eigenvalue weighted by molar-refractivity contribution is 7.89. The van der Waals surface area contributed by atoms with Gasteiger partial charge in [-0.2, -0.15) is 4.31 Å². The third-order valence-corrected chi connectivity index (χ3v) is 6.94. The zero-order valence-corrected chi connectivity index (χ0v) is 15.8. The molecule has 0 spiro atoms. The second-order valence-electron chi connectivity index (χ2n) is 6.79. The first-order valence-electron chi connectivity index (χ1n) is 8.77. The molecule has 0 saturated carbocycles. The average Bonchev–Trinajstić information content (AvgIpc) is 2.99. The summed E-state index contributed by atoms with van der Waals surface area (Å²) in [6.07, 6.45) is 2.22. The number of benzene rings is 1. The maximum Gasteiger partial charge on any atom is 0.419 e. The van der Waals surface area contributed by atoms with E-state index < -0.39 is 15.8 Å². The standard InChI is InChI=1S/C19H16N4O4S/c1-22-16-10-14(4-5-17(16)27-19(22)24)28(25,26)23-8-6-15-13(11-23)9-12-3-2-7-20-18(12)21-15/h2-5,7,9-10H,6,8,11H2,1H3. The van der Waals surface area contributed by atoms with Crippen LogP contribution in [0.25, 0.3) is 22.1 Å². The number of sulfonamides is 1. The van der Waals surface area contributed by atoms with Gasteiger partial charge in [-0.15, -0.1) is 0 Å². The molecule has 0 N–H and O–H groups in total. The highest BCUT2D eigenvalue weighted by Gasteiger charge is 2.30. The van der Waals surface area contributed by atoms with Crippen molar-refractivity contribution in [3.05, 3.63) is 64.4 Å². The number of fused-ring (bicyclic) bond motifs is 3. The van der Waals surface area contributed by atoms with Gasteiger partial charge >= 0.3 is 5.76 Å². The zero-order valence-electron chi connectivity index (χ0n) is 15.0. The van der Waals surface area contributed by atoms with Crippen LogP contribution >= 0.6 is 0 Å². The van der Waals surface area contributed by atoms with Gasteiger partial charge in [0.2, 0.25) is 10.0 Å². The van der Waals surface area contributed by atoms with Crippen molar-refractivity contribution in [3.63, 3.8) is 0 Å². The van der Waals surface area contributed by atoms with Crippen LogP contribution in [0.2, 0.25) is 0 Å². The van der Waals surface area contributed by atoms with Gasteiger partial charge < -0.3 is 4.42 Å². The van der Waals surface area contributed by atoms with E-state index in [4.69, 9.17) is 4.42 Å². The summed E-state index contributed by atoms with van der Waals surface area (Å²) < 4.78 is 34.2. The van der Waals surface area contributed by atoms with Crippen LogP contribution in [0.1, 0.15) is 11.3 Å². The lowest BCUT2D eigenvalue weighted by Gasteiger charge is -2.27. The molecular formula is C19H16N4O4S. The fraction of sp³-hybridized carbons (Fsp3) is 0.211. The van der Waals surface area contributed by atoms with Crippen molar-refractivity contribution in [3.8, 4) is 0 Å². The van der Waals surface area contributed by atoms with Crippen molar-refractivity contribution in [1.29, 1.82) is 0 Å². The molecule has 0 saturated heterocycles. The quantitative estimate of drug-likeness (QED) is 0.513. The number of aromatic nitrogens is 3. The Bertz CT molecular complexity index is 1400. The molecule has 1 aromatic carbocycles. The molecule has 142 valence electrons. The summed E-state index contributed by atoms with van der Waals surface area (Å²) in [5.74, 6) is -0.525. The Balaban J connectivity index is 1.55. The lowest BCUT2D eigenvalue weighted by Crippen LogP contribution is -2.36. The fourth-order valence-corrected chi connectivity index (χ4v) is 5.00. The molecular weight excluding hydrogens is 380 g/mol. The Morgan fingerprint density at radius 2 is 2.04 bits per heavy atom. The molecule has 8 nitrogen and oxygen atoms in total. The smallest absolute Gasteiger partial charge is 0.408 e. The van der Waals surface area contributed by atoms with Gasteiger partial charge in [0.05, 0.1) is 10.4 Å². The van der Waals surface area contributed by atoms with Crippen LogP contribution < -0.4 is 5.76 Å². The molecule has 1 aliphatic heterocycles. The predicted octanol–water partition coefficient (Wildman–Crippen LogP) is 1.82. The van der Waals surface area contributed by atoms with Crippen molar-refractivity contribution in [1.82, 2.24) is 18.8 Å². The molecule has 0 atom stereocenters. The molecule has 4 heterocycles. The number of nitrogens with zero attached hydrogens (tertiary/aromatic N) is 4. The number of pyridine rings is 2. The van der Waals surface area contributed by atoms with Crippen molar-refractivity contribution in [2.75, 3.05) is 6.54 Å². The van der Waals surface area contributed by atoms with Gasteiger partial charge in [-0.3, -0.25) is 4.57 Å². The zero-order chi connectivity index (χ0) is 19.5. The van der Waals surface area contributed by atoms with Gasteiger partial charge in [0.15, 0.2) is 11.2 Å². The van der Waals surface area contributed by atoms with Gasteiger partial charge in [-0.05, 0) is 42.0 Å². The minimum Gasteiger partial charge on any atom is -0.408 e. The number of rotatable bonds is 2. The molecule has 0 aliphatic carbocycles. The molecule has 3 aromatic heterocycles. The summed E-state index contributed by atoms with van der Waals surface area (Å²) in [4.78, 5) is 20.6. The highest BCUT2D eigenvalue weighted by Crippen LogP contribution is 2.27. The van der Waals surface area contributed by atoms with Gasteiger partial charge in [0.25, 0.3) is 0 Å². The summed E-state index contributed by atoms with van der Waals surface area (Å²) >= 11 is 0. The molecule has 0 radical (unpaired) electrons.